The first-order valence-corrected chi connectivity index (χ1v) is 9.08. The maximum absolute atomic E-state index is 12.9. The van der Waals surface area contributed by atoms with E-state index in [1.807, 2.05) is 13.8 Å². The smallest absolute Gasteiger partial charge is 0.307 e. The normalized spacial score (nSPS) is 11.9. The number of amides is 2. The van der Waals surface area contributed by atoms with E-state index >= 15 is 0 Å². The van der Waals surface area contributed by atoms with Crippen molar-refractivity contribution < 1.29 is 14.5 Å². The van der Waals surface area contributed by atoms with Gasteiger partial charge in [0.15, 0.2) is 0 Å². The van der Waals surface area contributed by atoms with Crippen LogP contribution >= 0.6 is 0 Å². The lowest BCUT2D eigenvalue weighted by molar-refractivity contribution is -0.385. The maximum Gasteiger partial charge on any atom is 0.307 e. The molecule has 3 heterocycles. The van der Waals surface area contributed by atoms with E-state index in [2.05, 4.69) is 25.9 Å². The van der Waals surface area contributed by atoms with Gasteiger partial charge in [-0.2, -0.15) is 15.3 Å². The van der Waals surface area contributed by atoms with Crippen molar-refractivity contribution in [3.63, 3.8) is 0 Å². The van der Waals surface area contributed by atoms with Gasteiger partial charge < -0.3 is 10.6 Å². The van der Waals surface area contributed by atoms with E-state index in [0.29, 0.717) is 12.2 Å². The number of nitro groups is 1. The van der Waals surface area contributed by atoms with Gasteiger partial charge in [-0.25, -0.2) is 0 Å². The monoisotopic (exact) mass is 415 g/mol. The first-order valence-electron chi connectivity index (χ1n) is 9.08. The summed E-state index contributed by atoms with van der Waals surface area (Å²) in [6.45, 7) is 5.57. The molecule has 3 rings (SSSR count). The summed E-state index contributed by atoms with van der Waals surface area (Å²) in [6, 6.07) is -0.847. The van der Waals surface area contributed by atoms with Crippen molar-refractivity contribution in [3.05, 3.63) is 46.3 Å². The molecule has 0 aliphatic rings. The molecule has 158 valence electrons. The van der Waals surface area contributed by atoms with Gasteiger partial charge in [0.05, 0.1) is 34.4 Å². The van der Waals surface area contributed by atoms with Gasteiger partial charge in [-0.15, -0.1) is 0 Å². The quantitative estimate of drug-likeness (QED) is 0.437. The Morgan fingerprint density at radius 3 is 2.43 bits per heavy atom. The van der Waals surface area contributed by atoms with Crippen LogP contribution in [0.2, 0.25) is 0 Å². The van der Waals surface area contributed by atoms with E-state index in [-0.39, 0.29) is 17.1 Å². The molecule has 13 heteroatoms. The lowest BCUT2D eigenvalue weighted by Crippen LogP contribution is -2.26. The molecule has 1 unspecified atom stereocenters. The number of aryl methyl sites for hydroxylation is 2. The van der Waals surface area contributed by atoms with Crippen molar-refractivity contribution in [2.75, 3.05) is 10.6 Å². The second-order valence-corrected chi connectivity index (χ2v) is 6.54. The zero-order valence-corrected chi connectivity index (χ0v) is 16.9. The maximum atomic E-state index is 12.9. The summed E-state index contributed by atoms with van der Waals surface area (Å²) in [5.74, 6) is -0.960. The van der Waals surface area contributed by atoms with Crippen LogP contribution in [0.25, 0.3) is 0 Å². The topological polar surface area (TPSA) is 155 Å². The van der Waals surface area contributed by atoms with Crippen LogP contribution in [0.3, 0.4) is 0 Å². The van der Waals surface area contributed by atoms with Crippen LogP contribution in [0.1, 0.15) is 36.1 Å². The van der Waals surface area contributed by atoms with Crippen LogP contribution in [0.15, 0.2) is 24.8 Å². The van der Waals surface area contributed by atoms with Crippen LogP contribution in [0.5, 0.6) is 0 Å². The fourth-order valence-electron chi connectivity index (χ4n) is 2.75. The second kappa shape index (κ2) is 8.14. The van der Waals surface area contributed by atoms with Gasteiger partial charge >= 0.3 is 5.69 Å². The molecule has 2 amide bonds. The zero-order valence-electron chi connectivity index (χ0n) is 16.9. The lowest BCUT2D eigenvalue weighted by atomic mass is 10.2. The van der Waals surface area contributed by atoms with Crippen molar-refractivity contribution in [1.29, 1.82) is 0 Å². The molecule has 0 bridgehead atoms. The third-order valence-electron chi connectivity index (χ3n) is 4.67. The molecule has 0 aliphatic carbocycles. The second-order valence-electron chi connectivity index (χ2n) is 6.54. The summed E-state index contributed by atoms with van der Waals surface area (Å²) in [5, 5.41) is 28.3. The van der Waals surface area contributed by atoms with E-state index in [9.17, 15) is 19.7 Å². The highest BCUT2D eigenvalue weighted by Gasteiger charge is 2.24. The number of nitrogens with one attached hydrogen (secondary N) is 2. The van der Waals surface area contributed by atoms with E-state index in [0.717, 1.165) is 11.9 Å². The minimum atomic E-state index is -0.847. The van der Waals surface area contributed by atoms with E-state index in [1.54, 1.807) is 11.7 Å². The van der Waals surface area contributed by atoms with E-state index < -0.39 is 22.8 Å². The van der Waals surface area contributed by atoms with E-state index in [4.69, 9.17) is 0 Å². The average molecular weight is 415 g/mol. The predicted octanol–water partition coefficient (Wildman–Crippen LogP) is 1.50. The minimum Gasteiger partial charge on any atom is -0.321 e. The molecule has 1 atom stereocenters. The molecule has 30 heavy (non-hydrogen) atoms. The number of carbonyl (C=O) groups excluding carboxylic acids is 2. The highest BCUT2D eigenvalue weighted by Crippen LogP contribution is 2.21. The van der Waals surface area contributed by atoms with Crippen LogP contribution < -0.4 is 10.6 Å². The number of aromatic nitrogens is 6. The van der Waals surface area contributed by atoms with Gasteiger partial charge in [-0.05, 0) is 20.8 Å². The van der Waals surface area contributed by atoms with Crippen molar-refractivity contribution in [3.8, 4) is 0 Å². The highest BCUT2D eigenvalue weighted by molar-refractivity contribution is 6.09. The Hall–Kier alpha value is -4.03. The van der Waals surface area contributed by atoms with Crippen molar-refractivity contribution in [2.45, 2.75) is 33.4 Å². The van der Waals surface area contributed by atoms with Crippen LogP contribution in [0, 0.1) is 17.0 Å². The molecule has 0 radical (unpaired) electrons. The number of carbonyl (C=O) groups is 2. The Bertz CT molecular complexity index is 1110. The largest absolute Gasteiger partial charge is 0.321 e. The fourth-order valence-corrected chi connectivity index (χ4v) is 2.75. The summed E-state index contributed by atoms with van der Waals surface area (Å²) < 4.78 is 4.26. The molecule has 3 aromatic heterocycles. The average Bonchev–Trinajstić information content (AvgIpc) is 3.42. The fraction of sp³-hybridized carbons (Fsp3) is 0.353. The number of nitrogens with zero attached hydrogens (tertiary/aromatic N) is 7. The summed E-state index contributed by atoms with van der Waals surface area (Å²) in [6.07, 6.45) is 5.14. The molecule has 0 fully saturated rings. The van der Waals surface area contributed by atoms with Crippen molar-refractivity contribution >= 4 is 28.9 Å². The summed E-state index contributed by atoms with van der Waals surface area (Å²) in [4.78, 5) is 35.8. The first kappa shape index (κ1) is 20.7. The minimum absolute atomic E-state index is 0.174. The Morgan fingerprint density at radius 1 is 1.17 bits per heavy atom. The predicted molar refractivity (Wildman–Crippen MR) is 106 cm³/mol. The molecule has 0 aromatic carbocycles. The Labute approximate surface area is 170 Å². The SMILES string of the molecule is CCn1ncc(NC(=O)C(C)n2cc([N+](=O)[O-])cn2)c1C(=O)Nc1cnn(C)c1C. The molecule has 0 aliphatic heterocycles. The van der Waals surface area contributed by atoms with Crippen molar-refractivity contribution in [1.82, 2.24) is 29.3 Å². The Balaban J connectivity index is 1.81. The molecule has 2 N–H and O–H groups in total. The summed E-state index contributed by atoms with van der Waals surface area (Å²) in [7, 11) is 1.76. The van der Waals surface area contributed by atoms with E-state index in [1.165, 1.54) is 34.9 Å². The Kier molecular flexibility index (Phi) is 5.62. The Morgan fingerprint density at radius 2 is 1.87 bits per heavy atom. The highest BCUT2D eigenvalue weighted by atomic mass is 16.6. The van der Waals surface area contributed by atoms with Gasteiger partial charge in [0.1, 0.15) is 24.1 Å². The third-order valence-corrected chi connectivity index (χ3v) is 4.67. The molecule has 3 aromatic rings. The first-order chi connectivity index (χ1) is 14.2. The third kappa shape index (κ3) is 3.90. The molecule has 0 saturated heterocycles. The van der Waals surface area contributed by atoms with Crippen LogP contribution in [-0.4, -0.2) is 46.1 Å². The summed E-state index contributed by atoms with van der Waals surface area (Å²) in [5.41, 5.74) is 1.48. The lowest BCUT2D eigenvalue weighted by Gasteiger charge is -2.13. The van der Waals surface area contributed by atoms with Gasteiger partial charge in [0.25, 0.3) is 5.91 Å². The standard InChI is InChI=1S/C17H21N9O4/c1-5-24-15(17(28)21-13-7-18-23(4)10(13)2)14(8-20-24)22-16(27)11(3)25-9-12(6-19-25)26(29)30/h6-9,11H,5H2,1-4H3,(H,21,28)(H,22,27). The zero-order chi connectivity index (χ0) is 22.0. The van der Waals surface area contributed by atoms with Crippen LogP contribution in [-0.2, 0) is 18.4 Å². The van der Waals surface area contributed by atoms with Crippen molar-refractivity contribution in [2.24, 2.45) is 7.05 Å². The summed E-state index contributed by atoms with van der Waals surface area (Å²) >= 11 is 0. The molecule has 0 spiro atoms. The molecular weight excluding hydrogens is 394 g/mol. The molecule has 0 saturated carbocycles. The van der Waals surface area contributed by atoms with Gasteiger partial charge in [-0.1, -0.05) is 0 Å². The number of anilines is 2. The molecular formula is C17H21N9O4. The number of hydrogen-bond donors (Lipinski definition) is 2. The van der Waals surface area contributed by atoms with Crippen LogP contribution in [0.4, 0.5) is 17.1 Å². The number of rotatable bonds is 7. The van der Waals surface area contributed by atoms with Gasteiger partial charge in [-0.3, -0.25) is 33.7 Å². The van der Waals surface area contributed by atoms with Gasteiger partial charge in [0, 0.05) is 13.6 Å². The molecule has 13 nitrogen and oxygen atoms in total. The number of hydrogen-bond acceptors (Lipinski definition) is 7. The van der Waals surface area contributed by atoms with Gasteiger partial charge in [0.2, 0.25) is 5.91 Å².